The van der Waals surface area contributed by atoms with Crippen molar-refractivity contribution in [2.75, 3.05) is 11.9 Å². The summed E-state index contributed by atoms with van der Waals surface area (Å²) in [4.78, 5) is 18.9. The minimum absolute atomic E-state index is 0.00423. The lowest BCUT2D eigenvalue weighted by Gasteiger charge is -2.19. The summed E-state index contributed by atoms with van der Waals surface area (Å²) in [5.41, 5.74) is 7.36. The van der Waals surface area contributed by atoms with Crippen LogP contribution in [0.5, 0.6) is 5.75 Å². The van der Waals surface area contributed by atoms with Gasteiger partial charge in [-0.2, -0.15) is 5.10 Å². The molecular formula is C23H21Cl2FN6O3. The molecule has 0 spiro atoms. The number of amides is 1. The van der Waals surface area contributed by atoms with Gasteiger partial charge in [-0.25, -0.2) is 19.2 Å². The van der Waals surface area contributed by atoms with Gasteiger partial charge in [-0.05, 0) is 53.9 Å². The molecule has 9 nitrogen and oxygen atoms in total. The number of nitrogens with two attached hydrogens (primary N) is 1. The Morgan fingerprint density at radius 1 is 1.20 bits per heavy atom. The molecular weight excluding hydrogens is 498 g/mol. The summed E-state index contributed by atoms with van der Waals surface area (Å²) in [6.07, 6.45) is -0.357. The number of anilines is 2. The molecule has 0 aliphatic heterocycles. The highest BCUT2D eigenvalue weighted by molar-refractivity contribution is 6.32. The predicted molar refractivity (Wildman–Crippen MR) is 131 cm³/mol. The molecule has 4 aromatic rings. The van der Waals surface area contributed by atoms with Crippen LogP contribution in [0.4, 0.5) is 20.8 Å². The Kier molecular flexibility index (Phi) is 7.52. The molecule has 0 fully saturated rings. The molecule has 1 unspecified atom stereocenters. The van der Waals surface area contributed by atoms with Gasteiger partial charge in [-0.3, -0.25) is 5.10 Å². The van der Waals surface area contributed by atoms with Gasteiger partial charge in [0.2, 0.25) is 5.28 Å². The van der Waals surface area contributed by atoms with E-state index >= 15 is 0 Å². The molecule has 4 rings (SSSR count). The first-order valence-electron chi connectivity index (χ1n) is 10.6. The van der Waals surface area contributed by atoms with Crippen LogP contribution in [0, 0.1) is 5.82 Å². The fraction of sp³-hybridized carbons (Fsp3) is 0.217. The van der Waals surface area contributed by atoms with E-state index in [4.69, 9.17) is 38.4 Å². The third-order valence-corrected chi connectivity index (χ3v) is 5.48. The Morgan fingerprint density at radius 3 is 2.77 bits per heavy atom. The Labute approximate surface area is 209 Å². The number of aromatic amines is 1. The summed E-state index contributed by atoms with van der Waals surface area (Å²) in [5, 5.41) is 11.3. The van der Waals surface area contributed by atoms with Crippen molar-refractivity contribution in [3.05, 3.63) is 69.8 Å². The number of hydrogen-bond acceptors (Lipinski definition) is 7. The number of primary amides is 1. The Hall–Kier alpha value is -3.63. The number of nitrogens with zero attached hydrogens (tertiary/aromatic N) is 3. The fourth-order valence-corrected chi connectivity index (χ4v) is 3.86. The molecule has 0 bridgehead atoms. The number of carbonyl (C=O) groups is 1. The van der Waals surface area contributed by atoms with Crippen LogP contribution in [-0.4, -0.2) is 39.0 Å². The van der Waals surface area contributed by atoms with Gasteiger partial charge in [0.1, 0.15) is 35.2 Å². The van der Waals surface area contributed by atoms with Crippen LogP contribution >= 0.6 is 23.2 Å². The minimum Gasteiger partial charge on any atom is -0.487 e. The monoisotopic (exact) mass is 518 g/mol. The lowest BCUT2D eigenvalue weighted by atomic mass is 10.0. The summed E-state index contributed by atoms with van der Waals surface area (Å²) in [6, 6.07) is 11.5. The lowest BCUT2D eigenvalue weighted by Crippen LogP contribution is -2.26. The number of benzene rings is 2. The number of ether oxygens (including phenoxy) is 2. The molecule has 35 heavy (non-hydrogen) atoms. The zero-order valence-corrected chi connectivity index (χ0v) is 20.0. The third-order valence-electron chi connectivity index (χ3n) is 5.12. The van der Waals surface area contributed by atoms with E-state index in [1.54, 1.807) is 6.07 Å². The molecule has 2 aromatic heterocycles. The summed E-state index contributed by atoms with van der Waals surface area (Å²) in [7, 11) is 0. The molecule has 2 heterocycles. The van der Waals surface area contributed by atoms with Crippen molar-refractivity contribution in [1.82, 2.24) is 20.2 Å². The number of aromatic nitrogens is 4. The molecule has 4 N–H and O–H groups in total. The van der Waals surface area contributed by atoms with Gasteiger partial charge in [-0.15, -0.1) is 0 Å². The van der Waals surface area contributed by atoms with Gasteiger partial charge in [0.05, 0.1) is 5.52 Å². The van der Waals surface area contributed by atoms with Crippen molar-refractivity contribution in [2.24, 2.45) is 5.73 Å². The zero-order chi connectivity index (χ0) is 24.9. The first kappa shape index (κ1) is 24.5. The van der Waals surface area contributed by atoms with E-state index in [2.05, 4.69) is 25.5 Å². The van der Waals surface area contributed by atoms with Crippen LogP contribution in [0.1, 0.15) is 24.5 Å². The van der Waals surface area contributed by atoms with Gasteiger partial charge in [0, 0.05) is 23.4 Å². The molecule has 12 heteroatoms. The fourth-order valence-electron chi connectivity index (χ4n) is 3.45. The van der Waals surface area contributed by atoms with Gasteiger partial charge < -0.3 is 20.5 Å². The minimum atomic E-state index is -0.879. The second kappa shape index (κ2) is 10.7. The zero-order valence-electron chi connectivity index (χ0n) is 18.5. The highest BCUT2D eigenvalue weighted by Crippen LogP contribution is 2.29. The topological polar surface area (TPSA) is 128 Å². The van der Waals surface area contributed by atoms with Crippen molar-refractivity contribution in [3.63, 3.8) is 0 Å². The molecule has 0 aliphatic carbocycles. The van der Waals surface area contributed by atoms with Gasteiger partial charge in [-0.1, -0.05) is 24.6 Å². The van der Waals surface area contributed by atoms with E-state index < -0.39 is 18.0 Å². The van der Waals surface area contributed by atoms with Crippen molar-refractivity contribution in [3.8, 4) is 5.75 Å². The van der Waals surface area contributed by atoms with E-state index in [-0.39, 0.29) is 17.0 Å². The maximum absolute atomic E-state index is 14.1. The molecule has 0 aliphatic rings. The van der Waals surface area contributed by atoms with Crippen LogP contribution in [-0.2, 0) is 11.2 Å². The maximum atomic E-state index is 14.1. The predicted octanol–water partition coefficient (Wildman–Crippen LogP) is 5.39. The second-order valence-corrected chi connectivity index (χ2v) is 8.35. The van der Waals surface area contributed by atoms with Crippen LogP contribution in [0.15, 0.2) is 42.5 Å². The average molecular weight is 519 g/mol. The first-order chi connectivity index (χ1) is 16.8. The van der Waals surface area contributed by atoms with Crippen molar-refractivity contribution >= 4 is 51.8 Å². The van der Waals surface area contributed by atoms with Crippen LogP contribution in [0.3, 0.4) is 0 Å². The molecule has 1 amide bonds. The van der Waals surface area contributed by atoms with Crippen molar-refractivity contribution < 1.29 is 18.7 Å². The Balaban J connectivity index is 1.59. The molecule has 182 valence electrons. The number of nitrogens with one attached hydrogen (secondary N) is 2. The number of carbonyl (C=O) groups excluding carboxylic acids is 1. The Morgan fingerprint density at radius 2 is 2.03 bits per heavy atom. The number of hydrogen-bond donors (Lipinski definition) is 3. The number of rotatable bonds is 9. The lowest BCUT2D eigenvalue weighted by molar-refractivity contribution is 0.0848. The normalized spacial score (nSPS) is 11.9. The van der Waals surface area contributed by atoms with E-state index in [0.717, 1.165) is 16.5 Å². The Bertz CT molecular complexity index is 1350. The van der Waals surface area contributed by atoms with Crippen LogP contribution < -0.4 is 15.8 Å². The first-order valence-corrected chi connectivity index (χ1v) is 11.4. The number of halogens is 3. The summed E-state index contributed by atoms with van der Waals surface area (Å²) in [6.45, 7) is 1.88. The molecule has 0 radical (unpaired) electrons. The van der Waals surface area contributed by atoms with E-state index in [1.165, 1.54) is 18.2 Å². The highest BCUT2D eigenvalue weighted by atomic mass is 35.5. The number of H-pyrrole nitrogens is 1. The van der Waals surface area contributed by atoms with Crippen molar-refractivity contribution in [2.45, 2.75) is 25.9 Å². The SMILES string of the molecule is CCC(COC(N)=O)Oc1ccc(F)cc1Cc1ccc2[nH]nc(Nc3cc(Cl)nc(Cl)n3)c2c1. The molecule has 1 atom stereocenters. The van der Waals surface area contributed by atoms with Gasteiger partial charge in [0.15, 0.2) is 5.82 Å². The van der Waals surface area contributed by atoms with E-state index in [9.17, 15) is 9.18 Å². The quantitative estimate of drug-likeness (QED) is 0.200. The largest absolute Gasteiger partial charge is 0.487 e. The third kappa shape index (κ3) is 6.28. The van der Waals surface area contributed by atoms with Gasteiger partial charge in [0.25, 0.3) is 0 Å². The van der Waals surface area contributed by atoms with E-state index in [1.807, 2.05) is 25.1 Å². The molecule has 0 saturated carbocycles. The smallest absolute Gasteiger partial charge is 0.404 e. The highest BCUT2D eigenvalue weighted by Gasteiger charge is 2.15. The summed E-state index contributed by atoms with van der Waals surface area (Å²) >= 11 is 11.8. The van der Waals surface area contributed by atoms with E-state index in [0.29, 0.717) is 35.8 Å². The molecule has 0 saturated heterocycles. The van der Waals surface area contributed by atoms with Crippen LogP contribution in [0.25, 0.3) is 10.9 Å². The standard InChI is InChI=1S/C23H21Cl2FN6O3/c1-2-15(11-34-23(27)33)35-18-6-4-14(26)9-13(18)7-12-3-5-17-16(8-12)21(32-31-17)29-20-10-19(24)28-22(25)30-20/h3-6,8-10,15H,2,7,11H2,1H3,(H2,27,33)(H2,28,29,30,31,32). The maximum Gasteiger partial charge on any atom is 0.404 e. The summed E-state index contributed by atoms with van der Waals surface area (Å²) < 4.78 is 25.0. The second-order valence-electron chi connectivity index (χ2n) is 7.63. The average Bonchev–Trinajstić information content (AvgIpc) is 3.19. The summed E-state index contributed by atoms with van der Waals surface area (Å²) in [5.74, 6) is 0.997. The molecule has 2 aromatic carbocycles. The van der Waals surface area contributed by atoms with Crippen molar-refractivity contribution in [1.29, 1.82) is 0 Å². The van der Waals surface area contributed by atoms with Crippen LogP contribution in [0.2, 0.25) is 10.4 Å². The van der Waals surface area contributed by atoms with Gasteiger partial charge >= 0.3 is 6.09 Å². The number of fused-ring (bicyclic) bond motifs is 1.